The number of benzene rings is 2. The first-order chi connectivity index (χ1) is 9.71. The van der Waals surface area contributed by atoms with E-state index in [1.807, 2.05) is 0 Å². The van der Waals surface area contributed by atoms with Gasteiger partial charge in [0.15, 0.2) is 0 Å². The van der Waals surface area contributed by atoms with Gasteiger partial charge in [-0.05, 0) is 41.8 Å². The highest BCUT2D eigenvalue weighted by molar-refractivity contribution is 6.31. The normalized spacial score (nSPS) is 13.3. The van der Waals surface area contributed by atoms with E-state index in [2.05, 4.69) is 0 Å². The number of halogens is 5. The van der Waals surface area contributed by atoms with Gasteiger partial charge in [-0.25, -0.2) is 4.39 Å². The lowest BCUT2D eigenvalue weighted by molar-refractivity contribution is -0.140. The molecule has 0 fully saturated rings. The third-order valence-electron chi connectivity index (χ3n) is 3.22. The van der Waals surface area contributed by atoms with Crippen molar-refractivity contribution in [1.29, 1.82) is 0 Å². The molecule has 0 saturated heterocycles. The molecular weight excluding hydrogens is 308 g/mol. The maximum absolute atomic E-state index is 13.3. The molecule has 0 bridgehead atoms. The Bertz CT molecular complexity index is 667. The monoisotopic (exact) mass is 318 g/mol. The average Bonchev–Trinajstić information content (AvgIpc) is 2.40. The Morgan fingerprint density at radius 1 is 1.14 bits per heavy atom. The molecule has 21 heavy (non-hydrogen) atoms. The second-order valence-corrected chi connectivity index (χ2v) is 5.00. The van der Waals surface area contributed by atoms with Gasteiger partial charge in [-0.2, -0.15) is 13.2 Å². The van der Waals surface area contributed by atoms with Crippen LogP contribution in [-0.2, 0) is 6.18 Å². The van der Waals surface area contributed by atoms with Crippen LogP contribution in [0.2, 0.25) is 5.02 Å². The Morgan fingerprint density at radius 2 is 1.81 bits per heavy atom. The summed E-state index contributed by atoms with van der Waals surface area (Å²) in [6.07, 6.45) is -6.13. The van der Waals surface area contributed by atoms with Crippen molar-refractivity contribution in [3.05, 3.63) is 69.5 Å². The van der Waals surface area contributed by atoms with Gasteiger partial charge in [0, 0.05) is 5.02 Å². The van der Waals surface area contributed by atoms with Crippen LogP contribution in [0.5, 0.6) is 0 Å². The van der Waals surface area contributed by atoms with Crippen LogP contribution in [0.15, 0.2) is 36.4 Å². The third kappa shape index (κ3) is 3.19. The van der Waals surface area contributed by atoms with E-state index < -0.39 is 23.7 Å². The zero-order valence-corrected chi connectivity index (χ0v) is 11.6. The predicted molar refractivity (Wildman–Crippen MR) is 71.7 cm³/mol. The van der Waals surface area contributed by atoms with E-state index in [9.17, 15) is 22.7 Å². The van der Waals surface area contributed by atoms with Crippen LogP contribution in [0.4, 0.5) is 17.6 Å². The van der Waals surface area contributed by atoms with Crippen molar-refractivity contribution in [2.75, 3.05) is 0 Å². The lowest BCUT2D eigenvalue weighted by atomic mass is 9.96. The first-order valence-electron chi connectivity index (χ1n) is 6.01. The first-order valence-corrected chi connectivity index (χ1v) is 6.39. The van der Waals surface area contributed by atoms with Crippen LogP contribution < -0.4 is 0 Å². The Labute approximate surface area is 123 Å². The molecule has 0 aromatic heterocycles. The average molecular weight is 319 g/mol. The molecule has 0 aliphatic carbocycles. The highest BCUT2D eigenvalue weighted by Crippen LogP contribution is 2.35. The summed E-state index contributed by atoms with van der Waals surface area (Å²) in [5, 5.41) is 10.6. The maximum Gasteiger partial charge on any atom is 0.419 e. The van der Waals surface area contributed by atoms with E-state index in [0.717, 1.165) is 6.07 Å². The van der Waals surface area contributed by atoms with Crippen LogP contribution in [0, 0.1) is 12.7 Å². The van der Waals surface area contributed by atoms with Gasteiger partial charge in [0.05, 0.1) is 5.56 Å². The molecule has 2 aromatic carbocycles. The molecule has 0 heterocycles. The van der Waals surface area contributed by atoms with E-state index in [-0.39, 0.29) is 5.56 Å². The molecule has 1 unspecified atom stereocenters. The molecule has 0 aliphatic rings. The molecule has 1 atom stereocenters. The smallest absolute Gasteiger partial charge is 0.384 e. The summed E-state index contributed by atoms with van der Waals surface area (Å²) in [5.41, 5.74) is -0.514. The summed E-state index contributed by atoms with van der Waals surface area (Å²) in [5.74, 6) is -1.37. The second-order valence-electron chi connectivity index (χ2n) is 4.59. The molecule has 1 nitrogen and oxygen atoms in total. The molecule has 2 rings (SSSR count). The summed E-state index contributed by atoms with van der Waals surface area (Å²) < 4.78 is 51.3. The maximum atomic E-state index is 13.3. The van der Waals surface area contributed by atoms with Crippen molar-refractivity contribution in [2.24, 2.45) is 0 Å². The molecule has 0 saturated carbocycles. The molecule has 0 amide bonds. The number of rotatable bonds is 2. The van der Waals surface area contributed by atoms with E-state index in [4.69, 9.17) is 11.6 Å². The molecule has 1 N–H and O–H groups in total. The van der Waals surface area contributed by atoms with Gasteiger partial charge >= 0.3 is 6.18 Å². The minimum Gasteiger partial charge on any atom is -0.384 e. The largest absolute Gasteiger partial charge is 0.419 e. The summed E-state index contributed by atoms with van der Waals surface area (Å²) in [4.78, 5) is 0. The van der Waals surface area contributed by atoms with Crippen LogP contribution in [0.3, 0.4) is 0 Å². The highest BCUT2D eigenvalue weighted by Gasteiger charge is 2.34. The summed E-state index contributed by atoms with van der Waals surface area (Å²) in [7, 11) is 0. The van der Waals surface area contributed by atoms with Gasteiger partial charge in [0.1, 0.15) is 11.9 Å². The lowest BCUT2D eigenvalue weighted by Gasteiger charge is -2.17. The minimum absolute atomic E-state index is 0.0471. The standard InChI is InChI=1S/C15H11ClF4O/c1-8-10(3-2-4-12(8)16)14(21)9-5-6-13(17)11(7-9)15(18,19)20/h2-7,14,21H,1H3. The molecule has 112 valence electrons. The number of aliphatic hydroxyl groups is 1. The van der Waals surface area contributed by atoms with E-state index >= 15 is 0 Å². The van der Waals surface area contributed by atoms with Gasteiger partial charge in [-0.1, -0.05) is 29.8 Å². The second kappa shape index (κ2) is 5.66. The topological polar surface area (TPSA) is 20.2 Å². The Balaban J connectivity index is 2.49. The van der Waals surface area contributed by atoms with E-state index in [1.165, 1.54) is 0 Å². The SMILES string of the molecule is Cc1c(Cl)cccc1C(O)c1ccc(F)c(C(F)(F)F)c1. The number of alkyl halides is 3. The van der Waals surface area contributed by atoms with Gasteiger partial charge in [-0.15, -0.1) is 0 Å². The minimum atomic E-state index is -4.82. The number of aliphatic hydroxyl groups excluding tert-OH is 1. The fourth-order valence-corrected chi connectivity index (χ4v) is 2.21. The number of hydrogen-bond acceptors (Lipinski definition) is 1. The summed E-state index contributed by atoms with van der Waals surface area (Å²) >= 11 is 5.92. The van der Waals surface area contributed by atoms with Gasteiger partial charge < -0.3 is 5.11 Å². The van der Waals surface area contributed by atoms with Crippen LogP contribution >= 0.6 is 11.6 Å². The quantitative estimate of drug-likeness (QED) is 0.782. The van der Waals surface area contributed by atoms with Crippen molar-refractivity contribution in [3.8, 4) is 0 Å². The molecule has 0 radical (unpaired) electrons. The van der Waals surface area contributed by atoms with E-state index in [0.29, 0.717) is 28.3 Å². The summed E-state index contributed by atoms with van der Waals surface area (Å²) in [6, 6.07) is 7.18. The lowest BCUT2D eigenvalue weighted by Crippen LogP contribution is -2.10. The van der Waals surface area contributed by atoms with Crippen LogP contribution in [0.25, 0.3) is 0 Å². The molecule has 6 heteroatoms. The molecule has 0 spiro atoms. The molecule has 0 aliphatic heterocycles. The fraction of sp³-hybridized carbons (Fsp3) is 0.200. The van der Waals surface area contributed by atoms with Crippen LogP contribution in [0.1, 0.15) is 28.4 Å². The van der Waals surface area contributed by atoms with Gasteiger partial charge in [0.25, 0.3) is 0 Å². The Kier molecular flexibility index (Phi) is 4.25. The van der Waals surface area contributed by atoms with Crippen molar-refractivity contribution in [1.82, 2.24) is 0 Å². The highest BCUT2D eigenvalue weighted by atomic mass is 35.5. The number of hydrogen-bond donors (Lipinski definition) is 1. The molecular formula is C15H11ClF4O. The fourth-order valence-electron chi connectivity index (χ4n) is 2.03. The van der Waals surface area contributed by atoms with Crippen molar-refractivity contribution in [2.45, 2.75) is 19.2 Å². The Morgan fingerprint density at radius 3 is 2.43 bits per heavy atom. The molecule has 2 aromatic rings. The van der Waals surface area contributed by atoms with Crippen molar-refractivity contribution >= 4 is 11.6 Å². The predicted octanol–water partition coefficient (Wildman–Crippen LogP) is 4.89. The van der Waals surface area contributed by atoms with Gasteiger partial charge in [-0.3, -0.25) is 0 Å². The van der Waals surface area contributed by atoms with E-state index in [1.54, 1.807) is 25.1 Å². The van der Waals surface area contributed by atoms with Crippen LogP contribution in [-0.4, -0.2) is 5.11 Å². The van der Waals surface area contributed by atoms with Gasteiger partial charge in [0.2, 0.25) is 0 Å². The van der Waals surface area contributed by atoms with Crippen molar-refractivity contribution in [3.63, 3.8) is 0 Å². The first kappa shape index (κ1) is 15.8. The third-order valence-corrected chi connectivity index (χ3v) is 3.63. The zero-order chi connectivity index (χ0) is 15.8. The summed E-state index contributed by atoms with van der Waals surface area (Å²) in [6.45, 7) is 1.65. The Hall–Kier alpha value is -1.59. The zero-order valence-electron chi connectivity index (χ0n) is 10.9. The van der Waals surface area contributed by atoms with Crippen molar-refractivity contribution < 1.29 is 22.7 Å².